The highest BCUT2D eigenvalue weighted by molar-refractivity contribution is 7.98. The standard InChI is InChI=1S/C16H13N5OS2/c1-10-8-24-16-17-12(7-13(22)21(10)16)9-23-15-18-14(19-20-15)11-5-3-2-4-6-11/h2-8H,9H2,1H3,(H,18,19,20). The quantitative estimate of drug-likeness (QED) is 0.569. The van der Waals surface area contributed by atoms with E-state index in [4.69, 9.17) is 0 Å². The Morgan fingerprint density at radius 3 is 2.92 bits per heavy atom. The number of H-pyrrole nitrogens is 1. The fraction of sp³-hybridized carbons (Fsp3) is 0.125. The summed E-state index contributed by atoms with van der Waals surface area (Å²) in [6.45, 7) is 1.90. The Kier molecular flexibility index (Phi) is 3.91. The molecule has 0 unspecified atom stereocenters. The first-order chi connectivity index (χ1) is 11.7. The number of nitrogens with zero attached hydrogens (tertiary/aromatic N) is 4. The van der Waals surface area contributed by atoms with Crippen molar-refractivity contribution in [2.75, 3.05) is 0 Å². The zero-order valence-corrected chi connectivity index (χ0v) is 14.4. The van der Waals surface area contributed by atoms with Gasteiger partial charge >= 0.3 is 0 Å². The largest absolute Gasteiger partial charge is 0.269 e. The molecule has 0 spiro atoms. The van der Waals surface area contributed by atoms with Crippen LogP contribution in [-0.4, -0.2) is 24.6 Å². The lowest BCUT2D eigenvalue weighted by Gasteiger charge is -1.99. The number of fused-ring (bicyclic) bond motifs is 1. The Bertz CT molecular complexity index is 1050. The van der Waals surface area contributed by atoms with Crippen LogP contribution in [0.4, 0.5) is 0 Å². The van der Waals surface area contributed by atoms with Gasteiger partial charge in [0, 0.05) is 28.5 Å². The van der Waals surface area contributed by atoms with E-state index in [1.807, 2.05) is 42.6 Å². The van der Waals surface area contributed by atoms with Gasteiger partial charge in [-0.2, -0.15) is 0 Å². The summed E-state index contributed by atoms with van der Waals surface area (Å²) in [6.07, 6.45) is 0. The van der Waals surface area contributed by atoms with Crippen molar-refractivity contribution in [3.05, 3.63) is 63.5 Å². The van der Waals surface area contributed by atoms with Crippen molar-refractivity contribution in [1.29, 1.82) is 0 Å². The Labute approximate surface area is 145 Å². The number of aromatic nitrogens is 5. The molecule has 0 aliphatic carbocycles. The van der Waals surface area contributed by atoms with Gasteiger partial charge in [0.05, 0.1) is 5.69 Å². The predicted molar refractivity (Wildman–Crippen MR) is 95.5 cm³/mol. The second-order valence-electron chi connectivity index (χ2n) is 5.20. The average molecular weight is 355 g/mol. The van der Waals surface area contributed by atoms with Crippen molar-refractivity contribution in [2.24, 2.45) is 0 Å². The smallest absolute Gasteiger partial charge is 0.258 e. The molecule has 0 fully saturated rings. The maximum absolute atomic E-state index is 12.2. The molecule has 0 saturated heterocycles. The lowest BCUT2D eigenvalue weighted by atomic mass is 10.2. The lowest BCUT2D eigenvalue weighted by Crippen LogP contribution is -2.14. The van der Waals surface area contributed by atoms with Gasteiger partial charge in [-0.05, 0) is 6.92 Å². The number of hydrogen-bond acceptors (Lipinski definition) is 6. The average Bonchev–Trinajstić information content (AvgIpc) is 3.21. The Balaban J connectivity index is 1.53. The molecule has 8 heteroatoms. The Hall–Kier alpha value is -2.45. The van der Waals surface area contributed by atoms with Crippen LogP contribution >= 0.6 is 23.1 Å². The summed E-state index contributed by atoms with van der Waals surface area (Å²) in [5.74, 6) is 1.28. The van der Waals surface area contributed by atoms with Crippen molar-refractivity contribution >= 4 is 28.1 Å². The van der Waals surface area contributed by atoms with Gasteiger partial charge in [-0.15, -0.1) is 16.4 Å². The molecule has 24 heavy (non-hydrogen) atoms. The third kappa shape index (κ3) is 2.85. The summed E-state index contributed by atoms with van der Waals surface area (Å²) in [5.41, 5.74) is 2.59. The van der Waals surface area contributed by atoms with Crippen molar-refractivity contribution in [2.45, 2.75) is 17.8 Å². The zero-order chi connectivity index (χ0) is 16.5. The van der Waals surface area contributed by atoms with Crippen LogP contribution < -0.4 is 5.56 Å². The second kappa shape index (κ2) is 6.21. The summed E-state index contributed by atoms with van der Waals surface area (Å²) in [7, 11) is 0. The SMILES string of the molecule is Cc1csc2nc(CSc3n[nH]c(-c4ccccc4)n3)cc(=O)n12. The first kappa shape index (κ1) is 15.1. The number of aromatic amines is 1. The molecule has 0 saturated carbocycles. The second-order valence-corrected chi connectivity index (χ2v) is 6.98. The van der Waals surface area contributed by atoms with E-state index < -0.39 is 0 Å². The van der Waals surface area contributed by atoms with E-state index in [9.17, 15) is 4.79 Å². The monoisotopic (exact) mass is 355 g/mol. The molecule has 3 heterocycles. The molecular formula is C16H13N5OS2. The highest BCUT2D eigenvalue weighted by atomic mass is 32.2. The van der Waals surface area contributed by atoms with E-state index in [1.54, 1.807) is 10.5 Å². The molecule has 6 nitrogen and oxygen atoms in total. The van der Waals surface area contributed by atoms with Crippen LogP contribution in [0.3, 0.4) is 0 Å². The third-order valence-electron chi connectivity index (χ3n) is 3.49. The number of thioether (sulfide) groups is 1. The predicted octanol–water partition coefficient (Wildman–Crippen LogP) is 3.14. The fourth-order valence-corrected chi connectivity index (χ4v) is 3.93. The van der Waals surface area contributed by atoms with Crippen molar-refractivity contribution in [1.82, 2.24) is 24.6 Å². The summed E-state index contributed by atoms with van der Waals surface area (Å²) in [5, 5.41) is 9.72. The van der Waals surface area contributed by atoms with Gasteiger partial charge in [0.2, 0.25) is 5.16 Å². The Morgan fingerprint density at radius 2 is 2.08 bits per heavy atom. The molecule has 0 aliphatic heterocycles. The maximum atomic E-state index is 12.2. The van der Waals surface area contributed by atoms with Crippen LogP contribution in [0, 0.1) is 6.92 Å². The van der Waals surface area contributed by atoms with Gasteiger partial charge in [0.1, 0.15) is 0 Å². The molecule has 120 valence electrons. The summed E-state index contributed by atoms with van der Waals surface area (Å²) in [6, 6.07) is 11.4. The fourth-order valence-electron chi connectivity index (χ4n) is 2.35. The van der Waals surface area contributed by atoms with Gasteiger partial charge < -0.3 is 0 Å². The lowest BCUT2D eigenvalue weighted by molar-refractivity contribution is 0.967. The first-order valence-corrected chi connectivity index (χ1v) is 9.14. The van der Waals surface area contributed by atoms with Crippen LogP contribution in [0.1, 0.15) is 11.4 Å². The van der Waals surface area contributed by atoms with Crippen LogP contribution in [-0.2, 0) is 5.75 Å². The minimum atomic E-state index is -0.0469. The zero-order valence-electron chi connectivity index (χ0n) is 12.8. The first-order valence-electron chi connectivity index (χ1n) is 7.28. The topological polar surface area (TPSA) is 75.9 Å². The highest BCUT2D eigenvalue weighted by Gasteiger charge is 2.09. The van der Waals surface area contributed by atoms with Gasteiger partial charge in [0.15, 0.2) is 10.8 Å². The molecule has 1 N–H and O–H groups in total. The van der Waals surface area contributed by atoms with Gasteiger partial charge in [0.25, 0.3) is 5.56 Å². The molecular weight excluding hydrogens is 342 g/mol. The Morgan fingerprint density at radius 1 is 1.25 bits per heavy atom. The third-order valence-corrected chi connectivity index (χ3v) is 5.31. The molecule has 4 rings (SSSR count). The van der Waals surface area contributed by atoms with E-state index in [0.717, 1.165) is 27.7 Å². The minimum absolute atomic E-state index is 0.0469. The molecule has 0 bridgehead atoms. The van der Waals surface area contributed by atoms with Gasteiger partial charge in [-0.1, -0.05) is 42.1 Å². The van der Waals surface area contributed by atoms with E-state index >= 15 is 0 Å². The van der Waals surface area contributed by atoms with Gasteiger partial charge in [-0.3, -0.25) is 14.3 Å². The van der Waals surface area contributed by atoms with E-state index in [0.29, 0.717) is 10.9 Å². The van der Waals surface area contributed by atoms with E-state index in [2.05, 4.69) is 20.2 Å². The number of nitrogens with one attached hydrogen (secondary N) is 1. The van der Waals surface area contributed by atoms with Crippen molar-refractivity contribution in [3.63, 3.8) is 0 Å². The van der Waals surface area contributed by atoms with Crippen LogP contribution in [0.25, 0.3) is 16.3 Å². The number of hydrogen-bond donors (Lipinski definition) is 1. The maximum Gasteiger partial charge on any atom is 0.258 e. The number of aryl methyl sites for hydroxylation is 1. The van der Waals surface area contributed by atoms with Crippen molar-refractivity contribution < 1.29 is 0 Å². The number of benzene rings is 1. The van der Waals surface area contributed by atoms with Crippen LogP contribution in [0.2, 0.25) is 0 Å². The van der Waals surface area contributed by atoms with Gasteiger partial charge in [-0.25, -0.2) is 9.97 Å². The highest BCUT2D eigenvalue weighted by Crippen LogP contribution is 2.22. The summed E-state index contributed by atoms with van der Waals surface area (Å²) < 4.78 is 1.62. The number of thiazole rings is 1. The molecule has 3 aromatic heterocycles. The molecule has 4 aromatic rings. The molecule has 0 atom stereocenters. The van der Waals surface area contributed by atoms with Crippen LogP contribution in [0.15, 0.2) is 51.7 Å². The molecule has 0 aliphatic rings. The van der Waals surface area contributed by atoms with E-state index in [-0.39, 0.29) is 5.56 Å². The molecule has 0 radical (unpaired) electrons. The minimum Gasteiger partial charge on any atom is -0.269 e. The van der Waals surface area contributed by atoms with Crippen LogP contribution in [0.5, 0.6) is 0 Å². The summed E-state index contributed by atoms with van der Waals surface area (Å²) >= 11 is 2.92. The molecule has 0 amide bonds. The molecule has 1 aromatic carbocycles. The normalized spacial score (nSPS) is 11.2. The number of rotatable bonds is 4. The summed E-state index contributed by atoms with van der Waals surface area (Å²) in [4.78, 5) is 21.9. The van der Waals surface area contributed by atoms with E-state index in [1.165, 1.54) is 23.1 Å². The van der Waals surface area contributed by atoms with Crippen molar-refractivity contribution in [3.8, 4) is 11.4 Å².